The Bertz CT molecular complexity index is 911. The molecule has 5 heteroatoms. The third-order valence-electron chi connectivity index (χ3n) is 6.59. The van der Waals surface area contributed by atoms with Gasteiger partial charge in [-0.2, -0.15) is 0 Å². The maximum absolute atomic E-state index is 12.4. The Hall–Kier alpha value is -2.63. The molecule has 2 aliphatic rings. The van der Waals surface area contributed by atoms with E-state index in [4.69, 9.17) is 4.74 Å². The molecule has 2 aromatic rings. The molecule has 4 rings (SSSR count). The van der Waals surface area contributed by atoms with Gasteiger partial charge in [0.05, 0.1) is 13.2 Å². The largest absolute Gasteiger partial charge is 0.497 e. The molecule has 3 unspecified atom stereocenters. The summed E-state index contributed by atoms with van der Waals surface area (Å²) in [7, 11) is 5.29. The first-order valence-electron chi connectivity index (χ1n) is 11.1. The molecule has 31 heavy (non-hydrogen) atoms. The third-order valence-corrected chi connectivity index (χ3v) is 6.59. The Morgan fingerprint density at radius 3 is 2.39 bits per heavy atom. The van der Waals surface area contributed by atoms with E-state index in [2.05, 4.69) is 46.7 Å². The molecule has 5 nitrogen and oxygen atoms in total. The molecule has 2 heterocycles. The predicted molar refractivity (Wildman–Crippen MR) is 125 cm³/mol. The van der Waals surface area contributed by atoms with E-state index in [9.17, 15) is 4.79 Å². The summed E-state index contributed by atoms with van der Waals surface area (Å²) in [5, 5.41) is 0. The maximum Gasteiger partial charge on any atom is 0.253 e. The second-order valence-electron chi connectivity index (χ2n) is 8.84. The molecule has 1 amide bonds. The van der Waals surface area contributed by atoms with Crippen LogP contribution < -0.4 is 4.74 Å². The van der Waals surface area contributed by atoms with Crippen molar-refractivity contribution in [1.82, 2.24) is 14.7 Å². The number of hydrogen-bond acceptors (Lipinski definition) is 4. The molecule has 0 aliphatic carbocycles. The SMILES string of the molecule is C=CCN1CC2CCC(C1)N2C(c1ccc(C(=O)N(C)C)cc1)c1cccc(OC)c1. The standard InChI is InChI=1S/C26H33N3O2/c1-5-15-28-17-22-13-14-23(18-28)29(22)25(21-7-6-8-24(16-21)31-4)19-9-11-20(12-10-19)26(30)27(2)3/h5-12,16,22-23,25H,1,13-15,17-18H2,2-4H3. The van der Waals surface area contributed by atoms with Gasteiger partial charge in [-0.25, -0.2) is 0 Å². The number of piperazine rings is 1. The van der Waals surface area contributed by atoms with Gasteiger partial charge in [0.1, 0.15) is 5.75 Å². The number of ether oxygens (including phenoxy) is 1. The first kappa shape index (κ1) is 21.6. The van der Waals surface area contributed by atoms with Crippen LogP contribution in [0.1, 0.15) is 40.4 Å². The summed E-state index contributed by atoms with van der Waals surface area (Å²) in [5.41, 5.74) is 3.18. The second kappa shape index (κ2) is 9.25. The lowest BCUT2D eigenvalue weighted by atomic mass is 9.93. The van der Waals surface area contributed by atoms with Gasteiger partial charge < -0.3 is 9.64 Å². The molecule has 0 saturated carbocycles. The van der Waals surface area contributed by atoms with Crippen LogP contribution in [0.25, 0.3) is 0 Å². The van der Waals surface area contributed by atoms with Crippen molar-refractivity contribution in [1.29, 1.82) is 0 Å². The number of amides is 1. The lowest BCUT2D eigenvalue weighted by Gasteiger charge is -2.45. The van der Waals surface area contributed by atoms with E-state index in [0.29, 0.717) is 12.1 Å². The Balaban J connectivity index is 1.71. The molecular weight excluding hydrogens is 386 g/mol. The highest BCUT2D eigenvalue weighted by atomic mass is 16.5. The molecule has 0 aromatic heterocycles. The lowest BCUT2D eigenvalue weighted by molar-refractivity contribution is 0.0499. The van der Waals surface area contributed by atoms with Crippen molar-refractivity contribution in [2.45, 2.75) is 31.0 Å². The Labute approximate surface area is 185 Å². The predicted octanol–water partition coefficient (Wildman–Crippen LogP) is 3.82. The van der Waals surface area contributed by atoms with E-state index in [1.165, 1.54) is 24.0 Å². The summed E-state index contributed by atoms with van der Waals surface area (Å²) >= 11 is 0. The van der Waals surface area contributed by atoms with Crippen LogP contribution >= 0.6 is 0 Å². The van der Waals surface area contributed by atoms with Gasteiger partial charge in [-0.1, -0.05) is 30.3 Å². The van der Waals surface area contributed by atoms with Crippen molar-refractivity contribution in [2.75, 3.05) is 40.8 Å². The van der Waals surface area contributed by atoms with Crippen LogP contribution in [-0.2, 0) is 0 Å². The highest BCUT2D eigenvalue weighted by Crippen LogP contribution is 2.41. The second-order valence-corrected chi connectivity index (χ2v) is 8.84. The van der Waals surface area contributed by atoms with Crippen molar-refractivity contribution in [3.05, 3.63) is 77.9 Å². The number of carbonyl (C=O) groups excluding carboxylic acids is 1. The van der Waals surface area contributed by atoms with Crippen LogP contribution in [0.5, 0.6) is 5.75 Å². The van der Waals surface area contributed by atoms with Crippen molar-refractivity contribution in [2.24, 2.45) is 0 Å². The minimum atomic E-state index is 0.0302. The van der Waals surface area contributed by atoms with Gasteiger partial charge >= 0.3 is 0 Å². The normalized spacial score (nSPS) is 22.2. The van der Waals surface area contributed by atoms with Gasteiger partial charge in [-0.15, -0.1) is 6.58 Å². The summed E-state index contributed by atoms with van der Waals surface area (Å²) in [6, 6.07) is 17.7. The van der Waals surface area contributed by atoms with Crippen molar-refractivity contribution >= 4 is 5.91 Å². The lowest BCUT2D eigenvalue weighted by Crippen LogP contribution is -2.54. The smallest absolute Gasteiger partial charge is 0.253 e. The number of hydrogen-bond donors (Lipinski definition) is 0. The maximum atomic E-state index is 12.4. The monoisotopic (exact) mass is 419 g/mol. The summed E-state index contributed by atoms with van der Waals surface area (Å²) in [6.45, 7) is 7.02. The quantitative estimate of drug-likeness (QED) is 0.640. The molecule has 2 fully saturated rings. The van der Waals surface area contributed by atoms with E-state index < -0.39 is 0 Å². The van der Waals surface area contributed by atoms with Crippen LogP contribution in [0.4, 0.5) is 0 Å². The van der Waals surface area contributed by atoms with Gasteiger partial charge in [0.15, 0.2) is 0 Å². The Morgan fingerprint density at radius 1 is 1.13 bits per heavy atom. The first-order valence-corrected chi connectivity index (χ1v) is 11.1. The number of nitrogens with zero attached hydrogens (tertiary/aromatic N) is 3. The topological polar surface area (TPSA) is 36.0 Å². The van der Waals surface area contributed by atoms with Crippen molar-refractivity contribution < 1.29 is 9.53 Å². The van der Waals surface area contributed by atoms with Gasteiger partial charge in [0.2, 0.25) is 0 Å². The van der Waals surface area contributed by atoms with Gasteiger partial charge in [0.25, 0.3) is 5.91 Å². The number of benzene rings is 2. The Morgan fingerprint density at radius 2 is 1.81 bits per heavy atom. The molecule has 0 N–H and O–H groups in total. The van der Waals surface area contributed by atoms with Crippen LogP contribution in [0.15, 0.2) is 61.2 Å². The first-order chi connectivity index (χ1) is 15.0. The van der Waals surface area contributed by atoms with Crippen LogP contribution in [0.2, 0.25) is 0 Å². The number of likely N-dealkylation sites (tertiary alicyclic amines) is 1. The molecule has 2 bridgehead atoms. The number of fused-ring (bicyclic) bond motifs is 2. The minimum absolute atomic E-state index is 0.0302. The van der Waals surface area contributed by atoms with E-state index in [0.717, 1.165) is 30.9 Å². The van der Waals surface area contributed by atoms with Crippen molar-refractivity contribution in [3.8, 4) is 5.75 Å². The van der Waals surface area contributed by atoms with Crippen LogP contribution in [0, 0.1) is 0 Å². The fourth-order valence-corrected chi connectivity index (χ4v) is 5.19. The number of rotatable bonds is 7. The highest BCUT2D eigenvalue weighted by Gasteiger charge is 2.43. The zero-order valence-corrected chi connectivity index (χ0v) is 18.8. The molecular formula is C26H33N3O2. The van der Waals surface area contributed by atoms with E-state index in [1.807, 2.05) is 24.3 Å². The number of carbonyl (C=O) groups is 1. The van der Waals surface area contributed by atoms with E-state index >= 15 is 0 Å². The van der Waals surface area contributed by atoms with Crippen LogP contribution in [0.3, 0.4) is 0 Å². The zero-order chi connectivity index (χ0) is 22.0. The summed E-state index contributed by atoms with van der Waals surface area (Å²) < 4.78 is 5.54. The fourth-order valence-electron chi connectivity index (χ4n) is 5.19. The molecule has 2 aliphatic heterocycles. The molecule has 164 valence electrons. The van der Waals surface area contributed by atoms with Gasteiger partial charge in [-0.05, 0) is 48.2 Å². The molecule has 0 radical (unpaired) electrons. The summed E-state index contributed by atoms with van der Waals surface area (Å²) in [4.78, 5) is 19.2. The highest BCUT2D eigenvalue weighted by molar-refractivity contribution is 5.93. The fraction of sp³-hybridized carbons (Fsp3) is 0.423. The summed E-state index contributed by atoms with van der Waals surface area (Å²) in [6.07, 6.45) is 4.45. The van der Waals surface area contributed by atoms with Gasteiger partial charge in [0, 0.05) is 51.4 Å². The molecule has 2 aromatic carbocycles. The average Bonchev–Trinajstić information content (AvgIpc) is 3.03. The molecule has 3 atom stereocenters. The average molecular weight is 420 g/mol. The molecule has 2 saturated heterocycles. The minimum Gasteiger partial charge on any atom is -0.497 e. The number of methoxy groups -OCH3 is 1. The Kier molecular flexibility index (Phi) is 6.44. The molecule has 0 spiro atoms. The van der Waals surface area contributed by atoms with Gasteiger partial charge in [-0.3, -0.25) is 14.6 Å². The van der Waals surface area contributed by atoms with Crippen LogP contribution in [-0.4, -0.2) is 73.5 Å². The summed E-state index contributed by atoms with van der Waals surface area (Å²) in [5.74, 6) is 0.905. The van der Waals surface area contributed by atoms with E-state index in [-0.39, 0.29) is 11.9 Å². The van der Waals surface area contributed by atoms with Crippen molar-refractivity contribution in [3.63, 3.8) is 0 Å². The van der Waals surface area contributed by atoms with E-state index in [1.54, 1.807) is 26.1 Å². The third kappa shape index (κ3) is 4.39. The zero-order valence-electron chi connectivity index (χ0n) is 18.8.